The normalized spacial score (nSPS) is 17.8. The number of nitrogens with one attached hydrogen (secondary N) is 1. The van der Waals surface area contributed by atoms with Crippen molar-refractivity contribution in [2.75, 3.05) is 20.1 Å². The number of halogens is 2. The SMILES string of the molecule is CC(c1nc2ccccc2s1)N(C)C(=O)CCC1CCNC1.Cl.Cl. The van der Waals surface area contributed by atoms with E-state index >= 15 is 0 Å². The van der Waals surface area contributed by atoms with Crippen LogP contribution < -0.4 is 5.32 Å². The van der Waals surface area contributed by atoms with Crippen molar-refractivity contribution in [2.24, 2.45) is 5.92 Å². The fraction of sp³-hybridized carbons (Fsp3) is 0.529. The molecule has 1 amide bonds. The van der Waals surface area contributed by atoms with Crippen molar-refractivity contribution in [3.8, 4) is 0 Å². The van der Waals surface area contributed by atoms with Crippen molar-refractivity contribution in [2.45, 2.75) is 32.2 Å². The quantitative estimate of drug-likeness (QED) is 0.838. The van der Waals surface area contributed by atoms with Gasteiger partial charge in [-0.3, -0.25) is 4.79 Å². The van der Waals surface area contributed by atoms with Crippen LogP contribution in [0.5, 0.6) is 0 Å². The van der Waals surface area contributed by atoms with Gasteiger partial charge in [0.2, 0.25) is 5.91 Å². The molecule has 1 fully saturated rings. The van der Waals surface area contributed by atoms with Gasteiger partial charge in [0.05, 0.1) is 16.3 Å². The minimum Gasteiger partial charge on any atom is -0.337 e. The van der Waals surface area contributed by atoms with Gasteiger partial charge in [0, 0.05) is 13.5 Å². The smallest absolute Gasteiger partial charge is 0.222 e. The molecule has 2 unspecified atom stereocenters. The highest BCUT2D eigenvalue weighted by atomic mass is 35.5. The van der Waals surface area contributed by atoms with Crippen LogP contribution in [0.3, 0.4) is 0 Å². The minimum absolute atomic E-state index is 0. The van der Waals surface area contributed by atoms with Gasteiger partial charge in [0.15, 0.2) is 0 Å². The summed E-state index contributed by atoms with van der Waals surface area (Å²) in [4.78, 5) is 18.9. The van der Waals surface area contributed by atoms with Crippen LogP contribution in [0.25, 0.3) is 10.2 Å². The Labute approximate surface area is 159 Å². The van der Waals surface area contributed by atoms with E-state index in [2.05, 4.69) is 23.3 Å². The highest BCUT2D eigenvalue weighted by Crippen LogP contribution is 2.29. The van der Waals surface area contributed by atoms with E-state index in [9.17, 15) is 4.79 Å². The molecule has 3 rings (SSSR count). The van der Waals surface area contributed by atoms with Crippen LogP contribution in [-0.2, 0) is 4.79 Å². The molecule has 0 bridgehead atoms. The predicted molar refractivity (Wildman–Crippen MR) is 106 cm³/mol. The first-order chi connectivity index (χ1) is 10.6. The summed E-state index contributed by atoms with van der Waals surface area (Å²) in [6.45, 7) is 4.22. The van der Waals surface area contributed by atoms with Crippen molar-refractivity contribution in [1.82, 2.24) is 15.2 Å². The Morgan fingerprint density at radius 1 is 1.42 bits per heavy atom. The fourth-order valence-electron chi connectivity index (χ4n) is 2.92. The number of benzene rings is 1. The average molecular weight is 390 g/mol. The van der Waals surface area contributed by atoms with Gasteiger partial charge in [-0.05, 0) is 50.9 Å². The van der Waals surface area contributed by atoms with Gasteiger partial charge in [0.1, 0.15) is 5.01 Å². The van der Waals surface area contributed by atoms with Crippen LogP contribution in [-0.4, -0.2) is 35.9 Å². The molecule has 0 radical (unpaired) electrons. The summed E-state index contributed by atoms with van der Waals surface area (Å²) in [6.07, 6.45) is 2.82. The lowest BCUT2D eigenvalue weighted by Crippen LogP contribution is -2.29. The first kappa shape index (κ1) is 21.2. The van der Waals surface area contributed by atoms with Crippen molar-refractivity contribution < 1.29 is 4.79 Å². The van der Waals surface area contributed by atoms with E-state index in [1.807, 2.05) is 30.1 Å². The Bertz CT molecular complexity index is 625. The monoisotopic (exact) mass is 389 g/mol. The van der Waals surface area contributed by atoms with Crippen LogP contribution >= 0.6 is 36.2 Å². The van der Waals surface area contributed by atoms with Gasteiger partial charge >= 0.3 is 0 Å². The highest BCUT2D eigenvalue weighted by molar-refractivity contribution is 7.18. The molecule has 0 aliphatic carbocycles. The van der Waals surface area contributed by atoms with Crippen LogP contribution in [0.2, 0.25) is 0 Å². The molecule has 24 heavy (non-hydrogen) atoms. The molecule has 1 aliphatic heterocycles. The van der Waals surface area contributed by atoms with Crippen LogP contribution in [0.4, 0.5) is 0 Å². The number of carbonyl (C=O) groups excluding carboxylic acids is 1. The van der Waals surface area contributed by atoms with E-state index < -0.39 is 0 Å². The van der Waals surface area contributed by atoms with E-state index in [-0.39, 0.29) is 36.8 Å². The van der Waals surface area contributed by atoms with E-state index in [1.54, 1.807) is 11.3 Å². The molecule has 4 nitrogen and oxygen atoms in total. The predicted octanol–water partition coefficient (Wildman–Crippen LogP) is 4.05. The molecule has 7 heteroatoms. The standard InChI is InChI=1S/C17H23N3OS.2ClH/c1-12(17-19-14-5-3-4-6-15(14)22-17)20(2)16(21)8-7-13-9-10-18-11-13;;/h3-6,12-13,18H,7-11H2,1-2H3;2*1H. The molecule has 2 aromatic rings. The molecule has 1 aromatic heterocycles. The zero-order valence-electron chi connectivity index (χ0n) is 14.0. The summed E-state index contributed by atoms with van der Waals surface area (Å²) in [5, 5.41) is 4.37. The summed E-state index contributed by atoms with van der Waals surface area (Å²) in [5.41, 5.74) is 1.02. The van der Waals surface area contributed by atoms with Gasteiger partial charge in [-0.2, -0.15) is 0 Å². The topological polar surface area (TPSA) is 45.2 Å². The van der Waals surface area contributed by atoms with E-state index in [0.717, 1.165) is 30.0 Å². The number of hydrogen-bond acceptors (Lipinski definition) is 4. The summed E-state index contributed by atoms with van der Waals surface area (Å²) < 4.78 is 1.18. The summed E-state index contributed by atoms with van der Waals surface area (Å²) in [6, 6.07) is 8.17. The molecule has 0 spiro atoms. The molecular weight excluding hydrogens is 365 g/mol. The fourth-order valence-corrected chi connectivity index (χ4v) is 3.98. The van der Waals surface area contributed by atoms with Gasteiger partial charge in [-0.25, -0.2) is 4.98 Å². The Balaban J connectivity index is 0.00000144. The summed E-state index contributed by atoms with van der Waals surface area (Å²) in [5.74, 6) is 0.883. The van der Waals surface area contributed by atoms with Gasteiger partial charge in [-0.1, -0.05) is 12.1 Å². The maximum absolute atomic E-state index is 12.4. The summed E-state index contributed by atoms with van der Waals surface area (Å²) >= 11 is 1.68. The van der Waals surface area contributed by atoms with Crippen molar-refractivity contribution in [1.29, 1.82) is 0 Å². The first-order valence-corrected chi connectivity index (χ1v) is 8.78. The Kier molecular flexibility index (Phi) is 8.43. The van der Waals surface area contributed by atoms with Crippen LogP contribution in [0.1, 0.15) is 37.2 Å². The largest absolute Gasteiger partial charge is 0.337 e. The van der Waals surface area contributed by atoms with Gasteiger partial charge in [-0.15, -0.1) is 36.2 Å². The third-order valence-corrected chi connectivity index (χ3v) is 5.78. The highest BCUT2D eigenvalue weighted by Gasteiger charge is 2.22. The number of fused-ring (bicyclic) bond motifs is 1. The van der Waals surface area contributed by atoms with Crippen molar-refractivity contribution >= 4 is 52.3 Å². The van der Waals surface area contributed by atoms with Crippen molar-refractivity contribution in [3.05, 3.63) is 29.3 Å². The van der Waals surface area contributed by atoms with Gasteiger partial charge in [0.25, 0.3) is 0 Å². The maximum atomic E-state index is 12.4. The number of thiazole rings is 1. The zero-order valence-corrected chi connectivity index (χ0v) is 16.5. The number of carbonyl (C=O) groups is 1. The molecule has 1 aliphatic rings. The molecule has 1 saturated heterocycles. The van der Waals surface area contributed by atoms with E-state index in [4.69, 9.17) is 0 Å². The second-order valence-electron chi connectivity index (χ2n) is 6.10. The van der Waals surface area contributed by atoms with Gasteiger partial charge < -0.3 is 10.2 Å². The van der Waals surface area contributed by atoms with E-state index in [0.29, 0.717) is 12.3 Å². The molecule has 0 saturated carbocycles. The lowest BCUT2D eigenvalue weighted by atomic mass is 10.0. The van der Waals surface area contributed by atoms with Crippen molar-refractivity contribution in [3.63, 3.8) is 0 Å². The number of nitrogens with zero attached hydrogens (tertiary/aromatic N) is 2. The average Bonchev–Trinajstić information content (AvgIpc) is 3.19. The third kappa shape index (κ3) is 4.82. The molecule has 2 atom stereocenters. The second kappa shape index (κ2) is 9.56. The van der Waals surface area contributed by atoms with Crippen LogP contribution in [0, 0.1) is 5.92 Å². The lowest BCUT2D eigenvalue weighted by Gasteiger charge is -2.23. The molecule has 1 aromatic carbocycles. The second-order valence-corrected chi connectivity index (χ2v) is 7.16. The third-order valence-electron chi connectivity index (χ3n) is 4.57. The number of hydrogen-bond donors (Lipinski definition) is 1. The number of amides is 1. The molecule has 1 N–H and O–H groups in total. The van der Waals surface area contributed by atoms with E-state index in [1.165, 1.54) is 11.1 Å². The number of rotatable bonds is 5. The van der Waals surface area contributed by atoms with Crippen LogP contribution in [0.15, 0.2) is 24.3 Å². The Morgan fingerprint density at radius 3 is 2.83 bits per heavy atom. The number of aromatic nitrogens is 1. The summed E-state index contributed by atoms with van der Waals surface area (Å²) in [7, 11) is 1.89. The maximum Gasteiger partial charge on any atom is 0.222 e. The molecule has 2 heterocycles. The minimum atomic E-state index is 0. The lowest BCUT2D eigenvalue weighted by molar-refractivity contribution is -0.132. The zero-order chi connectivity index (χ0) is 15.5. The molecular formula is C17H25Cl2N3OS. The molecule has 134 valence electrons. The Hall–Kier alpha value is -0.880. The number of para-hydroxylation sites is 1. The Morgan fingerprint density at radius 2 is 2.17 bits per heavy atom. The first-order valence-electron chi connectivity index (χ1n) is 7.97.